The quantitative estimate of drug-likeness (QED) is 0.866. The molecule has 1 saturated heterocycles. The summed E-state index contributed by atoms with van der Waals surface area (Å²) in [5, 5.41) is 3.99. The average molecular weight is 322 g/mol. The molecule has 1 aromatic rings. The van der Waals surface area contributed by atoms with Crippen molar-refractivity contribution in [3.63, 3.8) is 0 Å². The van der Waals surface area contributed by atoms with Crippen molar-refractivity contribution in [1.82, 2.24) is 9.78 Å². The monoisotopic (exact) mass is 322 g/mol. The second-order valence-corrected chi connectivity index (χ2v) is 5.51. The van der Waals surface area contributed by atoms with Crippen LogP contribution >= 0.6 is 0 Å². The zero-order chi connectivity index (χ0) is 16.5. The van der Waals surface area contributed by atoms with Crippen LogP contribution in [0.25, 0.3) is 0 Å². The van der Waals surface area contributed by atoms with Crippen molar-refractivity contribution in [2.45, 2.75) is 31.6 Å². The first-order valence-electron chi connectivity index (χ1n) is 6.96. The van der Waals surface area contributed by atoms with Gasteiger partial charge in [-0.05, 0) is 18.8 Å². The molecule has 2 heterocycles. The number of carbonyl (C=O) groups is 1. The van der Waals surface area contributed by atoms with Crippen molar-refractivity contribution in [2.24, 2.45) is 13.0 Å². The Morgan fingerprint density at radius 3 is 2.59 bits per heavy atom. The van der Waals surface area contributed by atoms with Crippen molar-refractivity contribution < 1.29 is 22.4 Å². The van der Waals surface area contributed by atoms with Gasteiger partial charge in [-0.15, -0.1) is 0 Å². The molecule has 2 rings (SSSR count). The van der Waals surface area contributed by atoms with Gasteiger partial charge in [-0.3, -0.25) is 9.48 Å². The summed E-state index contributed by atoms with van der Waals surface area (Å²) in [6.45, 7) is 0.654. The number of anilines is 2. The van der Waals surface area contributed by atoms with E-state index in [-0.39, 0.29) is 12.8 Å². The molecular formula is C13H18F4N4O. The van der Waals surface area contributed by atoms with Crippen LogP contribution in [-0.2, 0) is 11.8 Å². The third kappa shape index (κ3) is 3.50. The Balaban J connectivity index is 2.06. The van der Waals surface area contributed by atoms with Gasteiger partial charge in [0.15, 0.2) is 0 Å². The van der Waals surface area contributed by atoms with E-state index in [1.165, 1.54) is 6.20 Å². The maximum Gasteiger partial charge on any atom is 0.449 e. The predicted molar refractivity (Wildman–Crippen MR) is 73.1 cm³/mol. The van der Waals surface area contributed by atoms with E-state index < -0.39 is 30.5 Å². The van der Waals surface area contributed by atoms with Crippen molar-refractivity contribution in [3.8, 4) is 0 Å². The fourth-order valence-corrected chi connectivity index (χ4v) is 2.76. The van der Waals surface area contributed by atoms with E-state index in [1.54, 1.807) is 16.6 Å². The molecule has 0 saturated carbocycles. The number of nitrogens with two attached hydrogens (primary N) is 1. The molecule has 0 unspecified atom stereocenters. The summed E-state index contributed by atoms with van der Waals surface area (Å²) in [6.07, 6.45) is -5.46. The van der Waals surface area contributed by atoms with Gasteiger partial charge in [0.25, 0.3) is 0 Å². The molecule has 2 atom stereocenters. The number of aromatic nitrogens is 2. The molecule has 9 heteroatoms. The van der Waals surface area contributed by atoms with Crippen LogP contribution < -0.4 is 10.6 Å². The fourth-order valence-electron chi connectivity index (χ4n) is 2.76. The molecule has 22 heavy (non-hydrogen) atoms. The second-order valence-electron chi connectivity index (χ2n) is 5.51. The van der Waals surface area contributed by atoms with Gasteiger partial charge in [0, 0.05) is 26.6 Å². The van der Waals surface area contributed by atoms with Gasteiger partial charge in [0.05, 0.1) is 11.9 Å². The lowest BCUT2D eigenvalue weighted by Gasteiger charge is -2.23. The van der Waals surface area contributed by atoms with Gasteiger partial charge in [-0.2, -0.15) is 18.3 Å². The maximum absolute atomic E-state index is 14.1. The number of hydrogen-bond acceptors (Lipinski definition) is 4. The first-order valence-corrected chi connectivity index (χ1v) is 6.96. The number of alkyl halides is 4. The minimum absolute atomic E-state index is 0.0560. The van der Waals surface area contributed by atoms with E-state index >= 15 is 0 Å². The number of carbonyl (C=O) groups excluding carboxylic acids is 1. The van der Waals surface area contributed by atoms with Gasteiger partial charge in [0.2, 0.25) is 5.78 Å². The van der Waals surface area contributed by atoms with E-state index in [0.29, 0.717) is 24.6 Å². The summed E-state index contributed by atoms with van der Waals surface area (Å²) < 4.78 is 52.6. The highest BCUT2D eigenvalue weighted by molar-refractivity contribution is 5.84. The lowest BCUT2D eigenvalue weighted by molar-refractivity contribution is -0.172. The van der Waals surface area contributed by atoms with E-state index in [1.807, 2.05) is 0 Å². The molecule has 1 aromatic heterocycles. The first kappa shape index (κ1) is 16.6. The van der Waals surface area contributed by atoms with Crippen LogP contribution in [0.5, 0.6) is 0 Å². The van der Waals surface area contributed by atoms with Crippen molar-refractivity contribution in [1.29, 1.82) is 0 Å². The third-order valence-electron chi connectivity index (χ3n) is 3.95. The Morgan fingerprint density at radius 2 is 2.05 bits per heavy atom. The number of nitrogens with zero attached hydrogens (tertiary/aromatic N) is 3. The second kappa shape index (κ2) is 6.13. The average Bonchev–Trinajstić information content (AvgIpc) is 2.64. The summed E-state index contributed by atoms with van der Waals surface area (Å²) in [4.78, 5) is 12.9. The van der Waals surface area contributed by atoms with Gasteiger partial charge in [-0.25, -0.2) is 4.39 Å². The molecule has 1 fully saturated rings. The van der Waals surface area contributed by atoms with Crippen LogP contribution in [-0.4, -0.2) is 41.0 Å². The Hall–Kier alpha value is -1.80. The zero-order valence-electron chi connectivity index (χ0n) is 12.1. The first-order chi connectivity index (χ1) is 10.2. The molecular weight excluding hydrogens is 304 g/mol. The number of aryl methyl sites for hydroxylation is 1. The van der Waals surface area contributed by atoms with Gasteiger partial charge in [-0.1, -0.05) is 0 Å². The van der Waals surface area contributed by atoms with Gasteiger partial charge < -0.3 is 10.6 Å². The maximum atomic E-state index is 14.1. The summed E-state index contributed by atoms with van der Waals surface area (Å²) in [7, 11) is 1.69. The highest BCUT2D eigenvalue weighted by Crippen LogP contribution is 2.31. The largest absolute Gasteiger partial charge is 0.449 e. The van der Waals surface area contributed by atoms with Crippen molar-refractivity contribution >= 4 is 17.3 Å². The van der Waals surface area contributed by atoms with Crippen LogP contribution in [0.4, 0.5) is 29.1 Å². The molecule has 0 amide bonds. The number of halogens is 4. The van der Waals surface area contributed by atoms with Crippen LogP contribution in [0.1, 0.15) is 19.3 Å². The van der Waals surface area contributed by atoms with Crippen LogP contribution in [0.15, 0.2) is 6.20 Å². The number of hydrogen-bond donors (Lipinski definition) is 1. The van der Waals surface area contributed by atoms with Gasteiger partial charge >= 0.3 is 6.18 Å². The summed E-state index contributed by atoms with van der Waals surface area (Å²) >= 11 is 0. The minimum atomic E-state index is -4.90. The van der Waals surface area contributed by atoms with E-state index in [4.69, 9.17) is 5.73 Å². The number of Topliss-reactive ketones (excluding diaryl/α,β-unsaturated/α-hetero) is 1. The van der Waals surface area contributed by atoms with E-state index in [0.717, 1.165) is 0 Å². The normalized spacial score (nSPS) is 23.4. The van der Waals surface area contributed by atoms with E-state index in [9.17, 15) is 22.4 Å². The smallest absolute Gasteiger partial charge is 0.394 e. The van der Waals surface area contributed by atoms with Crippen molar-refractivity contribution in [3.05, 3.63) is 6.20 Å². The lowest BCUT2D eigenvalue weighted by atomic mass is 9.93. The molecule has 2 N–H and O–H groups in total. The van der Waals surface area contributed by atoms with Gasteiger partial charge in [0.1, 0.15) is 12.0 Å². The Kier molecular flexibility index (Phi) is 4.62. The summed E-state index contributed by atoms with van der Waals surface area (Å²) in [6, 6.07) is 0. The van der Waals surface area contributed by atoms with Crippen LogP contribution in [0.3, 0.4) is 0 Å². The molecule has 124 valence electrons. The molecule has 0 radical (unpaired) electrons. The Labute approximate surface area is 125 Å². The molecule has 0 spiro atoms. The van der Waals surface area contributed by atoms with E-state index in [2.05, 4.69) is 5.10 Å². The molecule has 5 nitrogen and oxygen atoms in total. The van der Waals surface area contributed by atoms with Crippen LogP contribution in [0, 0.1) is 5.92 Å². The van der Waals surface area contributed by atoms with Crippen LogP contribution in [0.2, 0.25) is 0 Å². The fraction of sp³-hybridized carbons (Fsp3) is 0.692. The Morgan fingerprint density at radius 1 is 1.41 bits per heavy atom. The highest BCUT2D eigenvalue weighted by Gasteiger charge is 2.41. The molecule has 1 aliphatic heterocycles. The number of nitrogen functional groups attached to an aromatic ring is 1. The number of rotatable bonds is 3. The summed E-state index contributed by atoms with van der Waals surface area (Å²) in [5.41, 5.74) is 6.24. The Bertz CT molecular complexity index is 523. The third-order valence-corrected chi connectivity index (χ3v) is 3.95. The zero-order valence-corrected chi connectivity index (χ0v) is 12.1. The molecule has 0 bridgehead atoms. The molecule has 0 aromatic carbocycles. The van der Waals surface area contributed by atoms with Crippen molar-refractivity contribution in [2.75, 3.05) is 23.7 Å². The minimum Gasteiger partial charge on any atom is -0.394 e. The summed E-state index contributed by atoms with van der Waals surface area (Å²) in [5.74, 6) is -2.17. The number of ketones is 1. The topological polar surface area (TPSA) is 64.2 Å². The SMILES string of the molecule is Cn1ncc(N)c1N1CC[C@H](CC(=O)C(F)(F)F)[C@H](F)CC1. The molecule has 0 aliphatic carbocycles. The highest BCUT2D eigenvalue weighted by atomic mass is 19.4. The standard InChI is InChI=1S/C13H18F4N4O/c1-20-12(10(18)7-19-20)21-4-2-8(9(14)3-5-21)6-11(22)13(15,16)17/h7-9H,2-6,18H2,1H3/t8-,9-/m1/s1. The molecule has 1 aliphatic rings. The lowest BCUT2D eigenvalue weighted by Crippen LogP contribution is -2.29. The predicted octanol–water partition coefficient (Wildman–Crippen LogP) is 2.08.